The van der Waals surface area contributed by atoms with Gasteiger partial charge in [-0.3, -0.25) is 10.1 Å². The molecule has 0 atom stereocenters. The van der Waals surface area contributed by atoms with Gasteiger partial charge in [-0.2, -0.15) is 0 Å². The molecule has 0 fully saturated rings. The van der Waals surface area contributed by atoms with Crippen LogP contribution in [0, 0.1) is 10.1 Å². The van der Waals surface area contributed by atoms with Crippen LogP contribution in [0.5, 0.6) is 5.75 Å². The molecule has 2 aromatic carbocycles. The molecule has 7 nitrogen and oxygen atoms in total. The lowest BCUT2D eigenvalue weighted by atomic mass is 10.2. The monoisotopic (exact) mass is 345 g/mol. The van der Waals surface area contributed by atoms with E-state index < -0.39 is 4.92 Å². The van der Waals surface area contributed by atoms with E-state index in [1.54, 1.807) is 12.1 Å². The number of rotatable bonds is 6. The first-order valence-electron chi connectivity index (χ1n) is 7.10. The number of oxazole rings is 1. The number of fused-ring (bicyclic) bond motifs is 1. The van der Waals surface area contributed by atoms with Crippen molar-refractivity contribution in [2.75, 3.05) is 18.7 Å². The average Bonchev–Trinajstić information content (AvgIpc) is 3.02. The summed E-state index contributed by atoms with van der Waals surface area (Å²) in [6.45, 7) is 0.429. The Kier molecular flexibility index (Phi) is 4.57. The first-order valence-corrected chi connectivity index (χ1v) is 8.33. The van der Waals surface area contributed by atoms with Crippen LogP contribution in [0.25, 0.3) is 11.1 Å². The van der Waals surface area contributed by atoms with E-state index in [-0.39, 0.29) is 5.69 Å². The van der Waals surface area contributed by atoms with Gasteiger partial charge in [-0.05, 0) is 36.1 Å². The van der Waals surface area contributed by atoms with E-state index >= 15 is 0 Å². The Morgan fingerprint density at radius 1 is 1.33 bits per heavy atom. The lowest BCUT2D eigenvalue weighted by molar-refractivity contribution is -0.384. The molecule has 1 aromatic heterocycles. The molecule has 0 radical (unpaired) electrons. The topological polar surface area (TPSA) is 90.4 Å². The van der Waals surface area contributed by atoms with E-state index in [4.69, 9.17) is 9.15 Å². The molecule has 0 amide bonds. The smallest absolute Gasteiger partial charge is 0.296 e. The van der Waals surface area contributed by atoms with Crippen LogP contribution in [0.3, 0.4) is 0 Å². The molecule has 0 unspecified atom stereocenters. The van der Waals surface area contributed by atoms with Crippen molar-refractivity contribution in [1.82, 2.24) is 4.98 Å². The summed E-state index contributed by atoms with van der Waals surface area (Å²) in [6, 6.07) is 10.4. The number of nitrogens with zero attached hydrogens (tertiary/aromatic N) is 2. The zero-order chi connectivity index (χ0) is 17.1. The van der Waals surface area contributed by atoms with Gasteiger partial charge in [0.25, 0.3) is 10.9 Å². The van der Waals surface area contributed by atoms with Gasteiger partial charge in [-0.1, -0.05) is 17.8 Å². The predicted octanol–water partition coefficient (Wildman–Crippen LogP) is 4.08. The summed E-state index contributed by atoms with van der Waals surface area (Å²) in [6.07, 6.45) is 1.90. The number of anilines is 1. The maximum Gasteiger partial charge on any atom is 0.296 e. The van der Waals surface area contributed by atoms with Crippen LogP contribution in [0.15, 0.2) is 46.0 Å². The second-order valence-corrected chi connectivity index (χ2v) is 5.74. The summed E-state index contributed by atoms with van der Waals surface area (Å²) in [5.74, 6) is 0.444. The lowest BCUT2D eigenvalue weighted by Crippen LogP contribution is -2.03. The van der Waals surface area contributed by atoms with Gasteiger partial charge in [-0.25, -0.2) is 4.98 Å². The predicted molar refractivity (Wildman–Crippen MR) is 92.8 cm³/mol. The number of nitro benzene ring substituents is 1. The molecule has 3 rings (SSSR count). The number of thioether (sulfide) groups is 1. The number of aromatic nitrogens is 1. The van der Waals surface area contributed by atoms with E-state index in [1.807, 2.05) is 24.5 Å². The highest BCUT2D eigenvalue weighted by Gasteiger charge is 2.15. The molecule has 124 valence electrons. The fourth-order valence-electron chi connectivity index (χ4n) is 2.28. The van der Waals surface area contributed by atoms with Gasteiger partial charge in [0.2, 0.25) is 0 Å². The molecular weight excluding hydrogens is 330 g/mol. The van der Waals surface area contributed by atoms with Gasteiger partial charge in [0.15, 0.2) is 5.58 Å². The zero-order valence-electron chi connectivity index (χ0n) is 13.1. The number of nitrogens with one attached hydrogen (secondary N) is 1. The van der Waals surface area contributed by atoms with Crippen molar-refractivity contribution in [1.29, 1.82) is 0 Å². The summed E-state index contributed by atoms with van der Waals surface area (Å²) in [4.78, 5) is 15.1. The fourth-order valence-corrected chi connectivity index (χ4v) is 2.64. The third-order valence-electron chi connectivity index (χ3n) is 3.49. The van der Waals surface area contributed by atoms with E-state index in [0.717, 1.165) is 11.1 Å². The Labute approximate surface area is 142 Å². The summed E-state index contributed by atoms with van der Waals surface area (Å²) in [5, 5.41) is 14.9. The molecule has 24 heavy (non-hydrogen) atoms. The van der Waals surface area contributed by atoms with Gasteiger partial charge in [-0.15, -0.1) is 0 Å². The molecule has 0 saturated carbocycles. The second kappa shape index (κ2) is 6.79. The number of benzene rings is 2. The number of hydrogen-bond donors (Lipinski definition) is 1. The van der Waals surface area contributed by atoms with Crippen LogP contribution in [0.2, 0.25) is 0 Å². The van der Waals surface area contributed by atoms with Crippen molar-refractivity contribution in [3.8, 4) is 5.75 Å². The Balaban J connectivity index is 1.81. The number of hydrogen-bond acceptors (Lipinski definition) is 7. The summed E-state index contributed by atoms with van der Waals surface area (Å²) >= 11 is 1.44. The van der Waals surface area contributed by atoms with Crippen molar-refractivity contribution in [2.24, 2.45) is 0 Å². The van der Waals surface area contributed by atoms with Gasteiger partial charge in [0.05, 0.1) is 18.1 Å². The van der Waals surface area contributed by atoms with E-state index in [2.05, 4.69) is 10.3 Å². The van der Waals surface area contributed by atoms with Crippen molar-refractivity contribution in [2.45, 2.75) is 11.8 Å². The van der Waals surface area contributed by atoms with Crippen LogP contribution >= 0.6 is 11.8 Å². The van der Waals surface area contributed by atoms with Crippen molar-refractivity contribution >= 4 is 34.2 Å². The van der Waals surface area contributed by atoms with Gasteiger partial charge >= 0.3 is 0 Å². The molecule has 3 aromatic rings. The highest BCUT2D eigenvalue weighted by molar-refractivity contribution is 7.98. The van der Waals surface area contributed by atoms with Crippen LogP contribution in [0.4, 0.5) is 11.4 Å². The highest BCUT2D eigenvalue weighted by atomic mass is 32.2. The van der Waals surface area contributed by atoms with Crippen LogP contribution in [-0.4, -0.2) is 23.3 Å². The highest BCUT2D eigenvalue weighted by Crippen LogP contribution is 2.29. The van der Waals surface area contributed by atoms with E-state index in [1.165, 1.54) is 24.9 Å². The summed E-state index contributed by atoms with van der Waals surface area (Å²) in [5.41, 5.74) is 2.83. The molecule has 0 aliphatic heterocycles. The Morgan fingerprint density at radius 3 is 2.88 bits per heavy atom. The van der Waals surface area contributed by atoms with Crippen LogP contribution in [0.1, 0.15) is 5.56 Å². The summed E-state index contributed by atoms with van der Waals surface area (Å²) < 4.78 is 10.6. The van der Waals surface area contributed by atoms with Crippen LogP contribution < -0.4 is 10.1 Å². The normalized spacial score (nSPS) is 10.8. The minimum Gasteiger partial charge on any atom is -0.496 e. The quantitative estimate of drug-likeness (QED) is 0.409. The molecule has 1 N–H and O–H groups in total. The first-order chi connectivity index (χ1) is 11.6. The molecule has 0 saturated heterocycles. The van der Waals surface area contributed by atoms with Gasteiger partial charge in [0.1, 0.15) is 17.0 Å². The second-order valence-electron chi connectivity index (χ2n) is 4.98. The number of methoxy groups -OCH3 is 1. The molecule has 8 heteroatoms. The Morgan fingerprint density at radius 2 is 2.17 bits per heavy atom. The molecule has 0 aliphatic rings. The minimum atomic E-state index is -0.435. The molecular formula is C16H15N3O4S. The standard InChI is InChI=1S/C16H15N3O4S/c1-22-11-4-6-12(14(8-11)19(20)21)17-9-10-3-5-13-15(7-10)23-16(18-13)24-2/h3-8,17H,9H2,1-2H3. The molecule has 1 heterocycles. The van der Waals surface area contributed by atoms with Gasteiger partial charge < -0.3 is 14.5 Å². The third kappa shape index (κ3) is 3.28. The molecule has 0 aliphatic carbocycles. The first kappa shape index (κ1) is 16.1. The fraction of sp³-hybridized carbons (Fsp3) is 0.188. The molecule has 0 spiro atoms. The number of ether oxygens (including phenoxy) is 1. The zero-order valence-corrected chi connectivity index (χ0v) is 13.9. The minimum absolute atomic E-state index is 0.0280. The largest absolute Gasteiger partial charge is 0.496 e. The maximum absolute atomic E-state index is 11.2. The van der Waals surface area contributed by atoms with Crippen molar-refractivity contribution in [3.63, 3.8) is 0 Å². The Hall–Kier alpha value is -2.74. The average molecular weight is 345 g/mol. The van der Waals surface area contributed by atoms with Crippen molar-refractivity contribution < 1.29 is 14.1 Å². The Bertz CT molecular complexity index is 894. The SMILES string of the molecule is COc1ccc(NCc2ccc3nc(SC)oc3c2)c([N+](=O)[O-])c1. The van der Waals surface area contributed by atoms with Crippen molar-refractivity contribution in [3.05, 3.63) is 52.1 Å². The van der Waals surface area contributed by atoms with E-state index in [9.17, 15) is 10.1 Å². The third-order valence-corrected chi connectivity index (χ3v) is 4.02. The maximum atomic E-state index is 11.2. The summed E-state index contributed by atoms with van der Waals surface area (Å²) in [7, 11) is 1.47. The van der Waals surface area contributed by atoms with E-state index in [0.29, 0.717) is 28.8 Å². The number of nitro groups is 1. The molecule has 0 bridgehead atoms. The van der Waals surface area contributed by atoms with Gasteiger partial charge in [0, 0.05) is 6.54 Å². The lowest BCUT2D eigenvalue weighted by Gasteiger charge is -2.08. The van der Waals surface area contributed by atoms with Crippen LogP contribution in [-0.2, 0) is 6.54 Å².